The summed E-state index contributed by atoms with van der Waals surface area (Å²) in [5.41, 5.74) is 0.548. The molecule has 0 bridgehead atoms. The summed E-state index contributed by atoms with van der Waals surface area (Å²) in [5.74, 6) is -1.38. The van der Waals surface area contributed by atoms with E-state index >= 15 is 0 Å². The van der Waals surface area contributed by atoms with Gasteiger partial charge in [0.25, 0.3) is 0 Å². The Balaban J connectivity index is 2.67. The molecule has 0 aliphatic rings. The van der Waals surface area contributed by atoms with E-state index in [2.05, 4.69) is 0 Å². The molecule has 0 aliphatic carbocycles. The third-order valence-corrected chi connectivity index (χ3v) is 2.40. The molecule has 16 heavy (non-hydrogen) atoms. The SMILES string of the molecule is CCC[NH+](CC(=O)[O-])Cc1ccccc1F. The van der Waals surface area contributed by atoms with Gasteiger partial charge in [-0.05, 0) is 12.5 Å². The van der Waals surface area contributed by atoms with Gasteiger partial charge in [0.15, 0.2) is 0 Å². The first-order valence-electron chi connectivity index (χ1n) is 5.40. The normalized spacial score (nSPS) is 12.4. The minimum atomic E-state index is -1.10. The summed E-state index contributed by atoms with van der Waals surface area (Å²) in [5, 5.41) is 10.5. The van der Waals surface area contributed by atoms with Crippen molar-refractivity contribution in [2.45, 2.75) is 19.9 Å². The van der Waals surface area contributed by atoms with Gasteiger partial charge in [0.2, 0.25) is 0 Å². The van der Waals surface area contributed by atoms with Gasteiger partial charge in [-0.1, -0.05) is 25.1 Å². The molecule has 0 aromatic heterocycles. The van der Waals surface area contributed by atoms with Crippen LogP contribution in [-0.2, 0) is 11.3 Å². The average Bonchev–Trinajstić information content (AvgIpc) is 2.21. The fraction of sp³-hybridized carbons (Fsp3) is 0.417. The Hall–Kier alpha value is -1.42. The van der Waals surface area contributed by atoms with E-state index in [0.29, 0.717) is 18.7 Å². The summed E-state index contributed by atoms with van der Waals surface area (Å²) < 4.78 is 13.4. The summed E-state index contributed by atoms with van der Waals surface area (Å²) in [7, 11) is 0. The van der Waals surface area contributed by atoms with Crippen molar-refractivity contribution in [2.75, 3.05) is 13.1 Å². The zero-order valence-corrected chi connectivity index (χ0v) is 9.33. The van der Waals surface area contributed by atoms with Crippen LogP contribution < -0.4 is 10.0 Å². The van der Waals surface area contributed by atoms with Gasteiger partial charge in [0.05, 0.1) is 12.5 Å². The summed E-state index contributed by atoms with van der Waals surface area (Å²) in [6.45, 7) is 2.97. The molecule has 0 radical (unpaired) electrons. The summed E-state index contributed by atoms with van der Waals surface area (Å²) in [4.78, 5) is 11.3. The molecule has 0 saturated carbocycles. The summed E-state index contributed by atoms with van der Waals surface area (Å²) in [6, 6.07) is 6.44. The molecule has 0 amide bonds. The van der Waals surface area contributed by atoms with Crippen LogP contribution in [0.2, 0.25) is 0 Å². The van der Waals surface area contributed by atoms with Gasteiger partial charge in [0.1, 0.15) is 18.9 Å². The minimum Gasteiger partial charge on any atom is -0.544 e. The van der Waals surface area contributed by atoms with E-state index < -0.39 is 5.97 Å². The van der Waals surface area contributed by atoms with E-state index in [-0.39, 0.29) is 12.4 Å². The molecule has 0 fully saturated rings. The van der Waals surface area contributed by atoms with E-state index in [1.54, 1.807) is 18.2 Å². The number of benzene rings is 1. The highest BCUT2D eigenvalue weighted by Gasteiger charge is 2.11. The van der Waals surface area contributed by atoms with E-state index in [9.17, 15) is 14.3 Å². The number of carboxylic acid groups (broad SMARTS) is 1. The number of hydrogen-bond donors (Lipinski definition) is 1. The lowest BCUT2D eigenvalue weighted by molar-refractivity contribution is -0.908. The molecule has 4 heteroatoms. The number of hydrogen-bond acceptors (Lipinski definition) is 2. The third-order valence-electron chi connectivity index (χ3n) is 2.40. The number of aliphatic carboxylic acids is 1. The topological polar surface area (TPSA) is 44.6 Å². The number of rotatable bonds is 6. The van der Waals surface area contributed by atoms with Crippen LogP contribution in [0.25, 0.3) is 0 Å². The summed E-state index contributed by atoms with van der Waals surface area (Å²) >= 11 is 0. The predicted molar refractivity (Wildman–Crippen MR) is 56.1 cm³/mol. The zero-order valence-electron chi connectivity index (χ0n) is 9.33. The Bertz CT molecular complexity index is 355. The zero-order chi connectivity index (χ0) is 12.0. The molecular formula is C12H16FNO2. The predicted octanol–water partition coefficient (Wildman–Crippen LogP) is -0.629. The molecule has 3 nitrogen and oxygen atoms in total. The van der Waals surface area contributed by atoms with Gasteiger partial charge < -0.3 is 14.8 Å². The fourth-order valence-corrected chi connectivity index (χ4v) is 1.71. The lowest BCUT2D eigenvalue weighted by Gasteiger charge is -2.19. The van der Waals surface area contributed by atoms with E-state index in [4.69, 9.17) is 0 Å². The Kier molecular flexibility index (Phi) is 4.92. The number of quaternary nitrogens is 1. The smallest absolute Gasteiger partial charge is 0.132 e. The van der Waals surface area contributed by atoms with Crippen LogP contribution >= 0.6 is 0 Å². The Morgan fingerprint density at radius 3 is 2.69 bits per heavy atom. The first-order valence-corrected chi connectivity index (χ1v) is 5.40. The standard InChI is InChI=1S/C12H16FNO2/c1-2-7-14(9-12(15)16)8-10-5-3-4-6-11(10)13/h3-6H,2,7-9H2,1H3,(H,15,16). The second-order valence-corrected chi connectivity index (χ2v) is 3.82. The molecule has 88 valence electrons. The van der Waals surface area contributed by atoms with Crippen molar-refractivity contribution in [3.05, 3.63) is 35.6 Å². The van der Waals surface area contributed by atoms with Gasteiger partial charge in [-0.15, -0.1) is 0 Å². The van der Waals surface area contributed by atoms with Crippen molar-refractivity contribution >= 4 is 5.97 Å². The van der Waals surface area contributed by atoms with Crippen molar-refractivity contribution < 1.29 is 19.2 Å². The van der Waals surface area contributed by atoms with E-state index in [1.807, 2.05) is 6.92 Å². The highest BCUT2D eigenvalue weighted by atomic mass is 19.1. The molecule has 0 saturated heterocycles. The van der Waals surface area contributed by atoms with Crippen molar-refractivity contribution in [2.24, 2.45) is 0 Å². The van der Waals surface area contributed by atoms with Gasteiger partial charge in [-0.25, -0.2) is 4.39 Å². The minimum absolute atomic E-state index is 0.0812. The monoisotopic (exact) mass is 225 g/mol. The van der Waals surface area contributed by atoms with Crippen molar-refractivity contribution in [1.82, 2.24) is 0 Å². The van der Waals surface area contributed by atoms with Crippen molar-refractivity contribution in [1.29, 1.82) is 0 Å². The molecule has 1 rings (SSSR count). The van der Waals surface area contributed by atoms with Gasteiger partial charge in [-0.3, -0.25) is 0 Å². The third kappa shape index (κ3) is 3.98. The molecule has 0 heterocycles. The van der Waals surface area contributed by atoms with Crippen LogP contribution in [0, 0.1) is 5.82 Å². The molecule has 1 N–H and O–H groups in total. The molecule has 1 aromatic carbocycles. The Labute approximate surface area is 94.5 Å². The molecule has 0 aliphatic heterocycles. The maximum atomic E-state index is 13.4. The van der Waals surface area contributed by atoms with Gasteiger partial charge >= 0.3 is 0 Å². The average molecular weight is 225 g/mol. The van der Waals surface area contributed by atoms with Crippen LogP contribution in [0.15, 0.2) is 24.3 Å². The maximum absolute atomic E-state index is 13.4. The first kappa shape index (κ1) is 12.6. The number of carboxylic acids is 1. The van der Waals surface area contributed by atoms with Crippen molar-refractivity contribution in [3.63, 3.8) is 0 Å². The molecule has 1 aromatic rings. The number of carbonyl (C=O) groups excluding carboxylic acids is 1. The lowest BCUT2D eigenvalue weighted by Crippen LogP contribution is -3.12. The number of nitrogens with one attached hydrogen (secondary N) is 1. The quantitative estimate of drug-likeness (QED) is 0.700. The van der Waals surface area contributed by atoms with Crippen LogP contribution in [0.5, 0.6) is 0 Å². The molecular weight excluding hydrogens is 209 g/mol. The van der Waals surface area contributed by atoms with Crippen LogP contribution in [0.4, 0.5) is 4.39 Å². The largest absolute Gasteiger partial charge is 0.544 e. The van der Waals surface area contributed by atoms with Crippen LogP contribution in [0.1, 0.15) is 18.9 Å². The molecule has 1 unspecified atom stereocenters. The second-order valence-electron chi connectivity index (χ2n) is 3.82. The Morgan fingerprint density at radius 2 is 2.12 bits per heavy atom. The maximum Gasteiger partial charge on any atom is 0.132 e. The number of halogens is 1. The second kappa shape index (κ2) is 6.23. The van der Waals surface area contributed by atoms with Crippen molar-refractivity contribution in [3.8, 4) is 0 Å². The van der Waals surface area contributed by atoms with E-state index in [1.165, 1.54) is 6.07 Å². The number of carbonyl (C=O) groups is 1. The first-order chi connectivity index (χ1) is 7.63. The van der Waals surface area contributed by atoms with Crippen LogP contribution in [0.3, 0.4) is 0 Å². The van der Waals surface area contributed by atoms with E-state index in [0.717, 1.165) is 11.3 Å². The van der Waals surface area contributed by atoms with Gasteiger partial charge in [-0.2, -0.15) is 0 Å². The lowest BCUT2D eigenvalue weighted by atomic mass is 10.2. The highest BCUT2D eigenvalue weighted by molar-refractivity contribution is 5.65. The van der Waals surface area contributed by atoms with Gasteiger partial charge in [0, 0.05) is 5.56 Å². The Morgan fingerprint density at radius 1 is 1.44 bits per heavy atom. The summed E-state index contributed by atoms with van der Waals surface area (Å²) in [6.07, 6.45) is 0.858. The van der Waals surface area contributed by atoms with Crippen LogP contribution in [-0.4, -0.2) is 19.1 Å². The molecule has 0 spiro atoms. The molecule has 1 atom stereocenters. The fourth-order valence-electron chi connectivity index (χ4n) is 1.71. The highest BCUT2D eigenvalue weighted by Crippen LogP contribution is 2.03.